The first kappa shape index (κ1) is 16.6. The highest BCUT2D eigenvalue weighted by Crippen LogP contribution is 2.29. The van der Waals surface area contributed by atoms with E-state index >= 15 is 0 Å². The number of primary amides is 1. The number of amides is 1. The molecule has 0 atom stereocenters. The molecule has 1 rings (SSSR count). The predicted molar refractivity (Wildman–Crippen MR) is 80.8 cm³/mol. The van der Waals surface area contributed by atoms with E-state index in [1.54, 1.807) is 31.4 Å². The molecule has 1 aromatic rings. The molecule has 0 saturated heterocycles. The predicted octanol–water partition coefficient (Wildman–Crippen LogP) is 2.66. The van der Waals surface area contributed by atoms with Crippen molar-refractivity contribution < 1.29 is 14.3 Å². The minimum Gasteiger partial charge on any atom is -0.493 e. The summed E-state index contributed by atoms with van der Waals surface area (Å²) >= 11 is 0. The van der Waals surface area contributed by atoms with E-state index in [9.17, 15) is 4.79 Å². The topological polar surface area (TPSA) is 85.3 Å². The highest BCUT2D eigenvalue weighted by Gasteiger charge is 2.07. The van der Waals surface area contributed by atoms with E-state index in [4.69, 9.17) is 20.5 Å². The number of nitrogens with zero attached hydrogens (tertiary/aromatic N) is 1. The van der Waals surface area contributed by atoms with Gasteiger partial charge in [-0.15, -0.1) is 0 Å². The molecule has 0 fully saturated rings. The minimum absolute atomic E-state index is 0.103. The minimum atomic E-state index is -0.753. The average molecular weight is 288 g/mol. The van der Waals surface area contributed by atoms with Crippen molar-refractivity contribution in [2.75, 3.05) is 13.7 Å². The molecule has 0 saturated carbocycles. The van der Waals surface area contributed by atoms with Crippen LogP contribution in [0.2, 0.25) is 0 Å². The van der Waals surface area contributed by atoms with E-state index in [1.165, 1.54) is 6.08 Å². The number of carbonyl (C=O) groups is 1. The molecular weight excluding hydrogens is 268 g/mol. The van der Waals surface area contributed by atoms with Crippen molar-refractivity contribution in [3.63, 3.8) is 0 Å². The average Bonchev–Trinajstić information content (AvgIpc) is 2.49. The summed E-state index contributed by atoms with van der Waals surface area (Å²) in [5.41, 5.74) is 5.66. The summed E-state index contributed by atoms with van der Waals surface area (Å²) in [5.74, 6) is 0.446. The van der Waals surface area contributed by atoms with Gasteiger partial charge in [0.05, 0.1) is 13.7 Å². The molecule has 0 aliphatic rings. The quantitative estimate of drug-likeness (QED) is 0.452. The van der Waals surface area contributed by atoms with Crippen LogP contribution >= 0.6 is 0 Å². The van der Waals surface area contributed by atoms with E-state index in [0.717, 1.165) is 19.3 Å². The normalized spacial score (nSPS) is 10.8. The Hall–Kier alpha value is -2.48. The highest BCUT2D eigenvalue weighted by atomic mass is 16.5. The van der Waals surface area contributed by atoms with E-state index in [1.807, 2.05) is 0 Å². The molecule has 5 heteroatoms. The van der Waals surface area contributed by atoms with Gasteiger partial charge in [-0.1, -0.05) is 25.8 Å². The van der Waals surface area contributed by atoms with Crippen molar-refractivity contribution in [3.05, 3.63) is 29.3 Å². The summed E-state index contributed by atoms with van der Waals surface area (Å²) in [5, 5.41) is 8.83. The van der Waals surface area contributed by atoms with Crippen molar-refractivity contribution in [1.82, 2.24) is 0 Å². The Bertz CT molecular complexity index is 559. The molecule has 1 amide bonds. The number of benzene rings is 1. The van der Waals surface area contributed by atoms with E-state index < -0.39 is 5.91 Å². The van der Waals surface area contributed by atoms with Crippen LogP contribution < -0.4 is 15.2 Å². The number of hydrogen-bond acceptors (Lipinski definition) is 4. The fraction of sp³-hybridized carbons (Fsp3) is 0.375. The number of unbranched alkanes of at least 4 members (excludes halogenated alkanes) is 2. The van der Waals surface area contributed by atoms with Gasteiger partial charge < -0.3 is 15.2 Å². The van der Waals surface area contributed by atoms with E-state index in [0.29, 0.717) is 23.7 Å². The summed E-state index contributed by atoms with van der Waals surface area (Å²) < 4.78 is 10.9. The second-order valence-electron chi connectivity index (χ2n) is 4.50. The first-order valence-electron chi connectivity index (χ1n) is 6.84. The van der Waals surface area contributed by atoms with Crippen LogP contribution in [0.15, 0.2) is 23.8 Å². The lowest BCUT2D eigenvalue weighted by molar-refractivity contribution is -0.114. The van der Waals surface area contributed by atoms with Gasteiger partial charge in [0.25, 0.3) is 5.91 Å². The zero-order valence-corrected chi connectivity index (χ0v) is 12.4. The van der Waals surface area contributed by atoms with Crippen LogP contribution in [0, 0.1) is 11.3 Å². The standard InChI is InChI=1S/C16H20N2O3/c1-3-4-5-8-21-14-7-6-12(10-15(14)20-2)9-13(11-17)16(18)19/h6-7,9-10H,3-5,8H2,1-2H3,(H2,18,19)/b13-9+. The fourth-order valence-electron chi connectivity index (χ4n) is 1.75. The van der Waals surface area contributed by atoms with E-state index in [2.05, 4.69) is 6.92 Å². The lowest BCUT2D eigenvalue weighted by atomic mass is 10.1. The molecular formula is C16H20N2O3. The molecule has 0 unspecified atom stereocenters. The molecule has 0 bridgehead atoms. The number of hydrogen-bond donors (Lipinski definition) is 1. The van der Waals surface area contributed by atoms with Crippen molar-refractivity contribution in [2.24, 2.45) is 5.73 Å². The number of rotatable bonds is 8. The number of nitrogens with two attached hydrogens (primary N) is 1. The molecule has 0 radical (unpaired) electrons. The molecule has 0 aromatic heterocycles. The summed E-state index contributed by atoms with van der Waals surface area (Å²) in [4.78, 5) is 11.0. The van der Waals surface area contributed by atoms with Crippen molar-refractivity contribution in [3.8, 4) is 17.6 Å². The molecule has 2 N–H and O–H groups in total. The van der Waals surface area contributed by atoms with Gasteiger partial charge in [-0.25, -0.2) is 0 Å². The van der Waals surface area contributed by atoms with Gasteiger partial charge in [0.1, 0.15) is 11.6 Å². The Morgan fingerprint density at radius 2 is 2.14 bits per heavy atom. The summed E-state index contributed by atoms with van der Waals surface area (Å²) in [6.45, 7) is 2.76. The third kappa shape index (κ3) is 5.19. The zero-order valence-electron chi connectivity index (χ0n) is 12.4. The lowest BCUT2D eigenvalue weighted by Gasteiger charge is -2.11. The molecule has 0 spiro atoms. The molecule has 5 nitrogen and oxygen atoms in total. The maximum Gasteiger partial charge on any atom is 0.259 e. The van der Waals surface area contributed by atoms with Crippen LogP contribution in [0.4, 0.5) is 0 Å². The number of ether oxygens (including phenoxy) is 2. The van der Waals surface area contributed by atoms with Gasteiger partial charge in [-0.2, -0.15) is 5.26 Å². The largest absolute Gasteiger partial charge is 0.493 e. The Kier molecular flexibility index (Phi) is 6.82. The smallest absolute Gasteiger partial charge is 0.259 e. The lowest BCUT2D eigenvalue weighted by Crippen LogP contribution is -2.12. The summed E-state index contributed by atoms with van der Waals surface area (Å²) in [6, 6.07) is 6.97. The highest BCUT2D eigenvalue weighted by molar-refractivity contribution is 6.00. The molecule has 0 aliphatic heterocycles. The number of methoxy groups -OCH3 is 1. The van der Waals surface area contributed by atoms with Gasteiger partial charge in [-0.05, 0) is 30.2 Å². The fourth-order valence-corrected chi connectivity index (χ4v) is 1.75. The second kappa shape index (κ2) is 8.64. The van der Waals surface area contributed by atoms with Crippen LogP contribution in [-0.2, 0) is 4.79 Å². The Morgan fingerprint density at radius 1 is 1.38 bits per heavy atom. The van der Waals surface area contributed by atoms with Crippen LogP contribution in [-0.4, -0.2) is 19.6 Å². The SMILES string of the molecule is CCCCCOc1ccc(/C=C(\C#N)C(N)=O)cc1OC. The van der Waals surface area contributed by atoms with Crippen LogP contribution in [0.5, 0.6) is 11.5 Å². The van der Waals surface area contributed by atoms with Gasteiger partial charge in [0, 0.05) is 0 Å². The molecule has 1 aromatic carbocycles. The first-order valence-corrected chi connectivity index (χ1v) is 6.84. The first-order chi connectivity index (χ1) is 10.1. The van der Waals surface area contributed by atoms with E-state index in [-0.39, 0.29) is 5.57 Å². The van der Waals surface area contributed by atoms with Gasteiger partial charge in [0.2, 0.25) is 0 Å². The summed E-state index contributed by atoms with van der Waals surface area (Å²) in [6.07, 6.45) is 4.66. The Labute approximate surface area is 125 Å². The van der Waals surface area contributed by atoms with Crippen molar-refractivity contribution in [2.45, 2.75) is 26.2 Å². The Morgan fingerprint density at radius 3 is 2.71 bits per heavy atom. The number of carbonyl (C=O) groups excluding carboxylic acids is 1. The number of nitriles is 1. The molecule has 0 aliphatic carbocycles. The molecule has 0 heterocycles. The maximum atomic E-state index is 11.0. The van der Waals surface area contributed by atoms with Crippen LogP contribution in [0.1, 0.15) is 31.7 Å². The van der Waals surface area contributed by atoms with Crippen molar-refractivity contribution >= 4 is 12.0 Å². The van der Waals surface area contributed by atoms with Crippen LogP contribution in [0.25, 0.3) is 6.08 Å². The van der Waals surface area contributed by atoms with Gasteiger partial charge >= 0.3 is 0 Å². The van der Waals surface area contributed by atoms with Gasteiger partial charge in [-0.3, -0.25) is 4.79 Å². The van der Waals surface area contributed by atoms with Crippen LogP contribution in [0.3, 0.4) is 0 Å². The zero-order chi connectivity index (χ0) is 15.7. The second-order valence-corrected chi connectivity index (χ2v) is 4.50. The van der Waals surface area contributed by atoms with Gasteiger partial charge in [0.15, 0.2) is 11.5 Å². The Balaban J connectivity index is 2.88. The maximum absolute atomic E-state index is 11.0. The third-order valence-electron chi connectivity index (χ3n) is 2.89. The summed E-state index contributed by atoms with van der Waals surface area (Å²) in [7, 11) is 1.54. The monoisotopic (exact) mass is 288 g/mol. The molecule has 21 heavy (non-hydrogen) atoms. The van der Waals surface area contributed by atoms with Crippen molar-refractivity contribution in [1.29, 1.82) is 5.26 Å². The third-order valence-corrected chi connectivity index (χ3v) is 2.89. The molecule has 112 valence electrons.